The Bertz CT molecular complexity index is 584. The van der Waals surface area contributed by atoms with Crippen LogP contribution in [0.1, 0.15) is 5.56 Å². The molecule has 0 aromatic heterocycles. The largest absolute Gasteiger partial charge is 0.296 e. The molecule has 0 saturated heterocycles. The average molecular weight is 251 g/mol. The summed E-state index contributed by atoms with van der Waals surface area (Å²) in [5, 5.41) is 0. The van der Waals surface area contributed by atoms with Gasteiger partial charge in [0.05, 0.1) is 0 Å². The van der Waals surface area contributed by atoms with Gasteiger partial charge < -0.3 is 0 Å². The molecule has 2 N–H and O–H groups in total. The summed E-state index contributed by atoms with van der Waals surface area (Å²) < 4.78 is 60.8. The van der Waals surface area contributed by atoms with Gasteiger partial charge in [-0.25, -0.2) is 0 Å². The molecule has 0 atom stereocenters. The zero-order valence-electron chi connectivity index (χ0n) is 7.28. The highest BCUT2D eigenvalue weighted by atomic mass is 32.2. The Morgan fingerprint density at radius 1 is 1.00 bits per heavy atom. The SMILES string of the molecule is [CH2]c1cccc(S(=O)(=O)O)c1S(=O)(=O)O. The van der Waals surface area contributed by atoms with E-state index in [9.17, 15) is 16.8 Å². The minimum absolute atomic E-state index is 0.215. The maximum atomic E-state index is 10.9. The first-order valence-corrected chi connectivity index (χ1v) is 6.42. The van der Waals surface area contributed by atoms with Gasteiger partial charge >= 0.3 is 0 Å². The molecule has 0 unspecified atom stereocenters. The minimum atomic E-state index is -4.75. The zero-order valence-corrected chi connectivity index (χ0v) is 8.92. The average Bonchev–Trinajstić information content (AvgIpc) is 1.99. The van der Waals surface area contributed by atoms with Crippen molar-refractivity contribution >= 4 is 20.2 Å². The molecule has 0 saturated carbocycles. The van der Waals surface area contributed by atoms with Crippen LogP contribution in [-0.2, 0) is 20.2 Å². The molecule has 0 aliphatic rings. The molecule has 1 radical (unpaired) electrons. The normalized spacial score (nSPS) is 12.7. The van der Waals surface area contributed by atoms with Crippen molar-refractivity contribution < 1.29 is 25.9 Å². The third kappa shape index (κ3) is 2.53. The van der Waals surface area contributed by atoms with Crippen LogP contribution in [0.2, 0.25) is 0 Å². The van der Waals surface area contributed by atoms with Crippen LogP contribution < -0.4 is 0 Å². The molecular formula is C7H7O6S2. The summed E-state index contributed by atoms with van der Waals surface area (Å²) in [4.78, 5) is -1.80. The first-order valence-electron chi connectivity index (χ1n) is 3.54. The highest BCUT2D eigenvalue weighted by Crippen LogP contribution is 2.23. The molecule has 0 bridgehead atoms. The third-order valence-electron chi connectivity index (χ3n) is 1.60. The molecule has 0 heterocycles. The highest BCUT2D eigenvalue weighted by Gasteiger charge is 2.25. The summed E-state index contributed by atoms with van der Waals surface area (Å²) in [6.45, 7) is 3.25. The van der Waals surface area contributed by atoms with E-state index in [-0.39, 0.29) is 5.56 Å². The minimum Gasteiger partial charge on any atom is -0.282 e. The second kappa shape index (κ2) is 3.56. The molecule has 15 heavy (non-hydrogen) atoms. The Morgan fingerprint density at radius 2 is 1.53 bits per heavy atom. The van der Waals surface area contributed by atoms with Crippen molar-refractivity contribution in [1.29, 1.82) is 0 Å². The number of hydrogen-bond acceptors (Lipinski definition) is 4. The predicted octanol–water partition coefficient (Wildman–Crippen LogP) is 0.362. The summed E-state index contributed by atoms with van der Waals surface area (Å²) in [6.07, 6.45) is 0. The van der Waals surface area contributed by atoms with Crippen LogP contribution in [0.5, 0.6) is 0 Å². The number of benzene rings is 1. The monoisotopic (exact) mass is 251 g/mol. The molecule has 0 aliphatic carbocycles. The van der Waals surface area contributed by atoms with Gasteiger partial charge in [0, 0.05) is 0 Å². The molecule has 1 aromatic carbocycles. The second-order valence-electron chi connectivity index (χ2n) is 2.69. The predicted molar refractivity (Wildman–Crippen MR) is 50.5 cm³/mol. The summed E-state index contributed by atoms with van der Waals surface area (Å²) in [5.41, 5.74) is -0.215. The van der Waals surface area contributed by atoms with Gasteiger partial charge in [0.25, 0.3) is 20.2 Å². The van der Waals surface area contributed by atoms with E-state index in [1.54, 1.807) is 0 Å². The molecule has 0 aliphatic heterocycles. The standard InChI is InChI=1S/C7H7O6S2/c1-5-3-2-4-6(14(8,9)10)7(5)15(11,12)13/h2-4H,1H2,(H,8,9,10)(H,11,12,13). The summed E-state index contributed by atoms with van der Waals surface area (Å²) in [5.74, 6) is 0. The first-order chi connectivity index (χ1) is 6.64. The summed E-state index contributed by atoms with van der Waals surface area (Å²) >= 11 is 0. The third-order valence-corrected chi connectivity index (χ3v) is 3.62. The Kier molecular flexibility index (Phi) is 2.88. The quantitative estimate of drug-likeness (QED) is 0.735. The van der Waals surface area contributed by atoms with Gasteiger partial charge in [0.1, 0.15) is 9.79 Å². The van der Waals surface area contributed by atoms with Crippen molar-refractivity contribution in [3.63, 3.8) is 0 Å². The van der Waals surface area contributed by atoms with E-state index in [1.165, 1.54) is 12.1 Å². The molecule has 0 spiro atoms. The molecular weight excluding hydrogens is 244 g/mol. The topological polar surface area (TPSA) is 109 Å². The van der Waals surface area contributed by atoms with E-state index in [4.69, 9.17) is 9.11 Å². The Hall–Kier alpha value is -0.960. The van der Waals surface area contributed by atoms with Crippen molar-refractivity contribution in [2.24, 2.45) is 0 Å². The molecule has 1 rings (SSSR count). The van der Waals surface area contributed by atoms with E-state index in [2.05, 4.69) is 6.92 Å². The molecule has 6 nitrogen and oxygen atoms in total. The van der Waals surface area contributed by atoms with Gasteiger partial charge in [-0.1, -0.05) is 12.1 Å². The zero-order chi connectivity index (χ0) is 11.9. The lowest BCUT2D eigenvalue weighted by molar-refractivity contribution is 0.466. The molecule has 0 amide bonds. The lowest BCUT2D eigenvalue weighted by Gasteiger charge is -2.06. The van der Waals surface area contributed by atoms with Gasteiger partial charge in [0.15, 0.2) is 0 Å². The van der Waals surface area contributed by atoms with Crippen LogP contribution in [0.25, 0.3) is 0 Å². The fraction of sp³-hybridized carbons (Fsp3) is 0. The molecule has 0 fully saturated rings. The Morgan fingerprint density at radius 3 is 1.87 bits per heavy atom. The van der Waals surface area contributed by atoms with Crippen molar-refractivity contribution in [2.75, 3.05) is 0 Å². The Labute approximate surface area is 87.1 Å². The molecule has 1 aromatic rings. The number of hydrogen-bond donors (Lipinski definition) is 2. The van der Waals surface area contributed by atoms with E-state index >= 15 is 0 Å². The van der Waals surface area contributed by atoms with Crippen molar-refractivity contribution in [3.8, 4) is 0 Å². The van der Waals surface area contributed by atoms with Crippen LogP contribution in [-0.4, -0.2) is 25.9 Å². The van der Waals surface area contributed by atoms with Gasteiger partial charge in [-0.15, -0.1) is 0 Å². The van der Waals surface area contributed by atoms with Crippen molar-refractivity contribution in [3.05, 3.63) is 30.7 Å². The van der Waals surface area contributed by atoms with Gasteiger partial charge in [-0.3, -0.25) is 9.11 Å². The fourth-order valence-corrected chi connectivity index (χ4v) is 3.03. The van der Waals surface area contributed by atoms with E-state index in [0.29, 0.717) is 0 Å². The molecule has 83 valence electrons. The van der Waals surface area contributed by atoms with Crippen LogP contribution in [0, 0.1) is 6.92 Å². The van der Waals surface area contributed by atoms with Crippen molar-refractivity contribution in [1.82, 2.24) is 0 Å². The maximum Gasteiger partial charge on any atom is 0.296 e. The summed E-state index contributed by atoms with van der Waals surface area (Å²) in [7, 11) is -9.47. The summed E-state index contributed by atoms with van der Waals surface area (Å²) in [6, 6.07) is 3.24. The van der Waals surface area contributed by atoms with Crippen LogP contribution in [0.15, 0.2) is 28.0 Å². The van der Waals surface area contributed by atoms with Crippen LogP contribution in [0.3, 0.4) is 0 Å². The Balaban J connectivity index is 3.79. The van der Waals surface area contributed by atoms with E-state index < -0.39 is 30.0 Å². The smallest absolute Gasteiger partial charge is 0.282 e. The van der Waals surface area contributed by atoms with Crippen LogP contribution in [0.4, 0.5) is 0 Å². The molecule has 8 heteroatoms. The lowest BCUT2D eigenvalue weighted by Crippen LogP contribution is -2.09. The fourth-order valence-electron chi connectivity index (χ4n) is 1.06. The first kappa shape index (κ1) is 12.1. The van der Waals surface area contributed by atoms with Gasteiger partial charge in [-0.05, 0) is 18.6 Å². The number of rotatable bonds is 2. The van der Waals surface area contributed by atoms with Crippen molar-refractivity contribution in [2.45, 2.75) is 9.79 Å². The van der Waals surface area contributed by atoms with E-state index in [0.717, 1.165) is 6.07 Å². The second-order valence-corrected chi connectivity index (χ2v) is 5.44. The van der Waals surface area contributed by atoms with E-state index in [1.807, 2.05) is 0 Å². The van der Waals surface area contributed by atoms with Crippen LogP contribution >= 0.6 is 0 Å². The highest BCUT2D eigenvalue weighted by molar-refractivity contribution is 7.89. The lowest BCUT2D eigenvalue weighted by atomic mass is 10.2. The van der Waals surface area contributed by atoms with Gasteiger partial charge in [-0.2, -0.15) is 16.8 Å². The maximum absolute atomic E-state index is 10.9. The van der Waals surface area contributed by atoms with Gasteiger partial charge in [0.2, 0.25) is 0 Å².